The van der Waals surface area contributed by atoms with E-state index < -0.39 is 27.0 Å². The van der Waals surface area contributed by atoms with Crippen molar-refractivity contribution in [3.63, 3.8) is 0 Å². The van der Waals surface area contributed by atoms with Gasteiger partial charge in [0.2, 0.25) is 0 Å². The summed E-state index contributed by atoms with van der Waals surface area (Å²) in [6, 6.07) is 121. The summed E-state index contributed by atoms with van der Waals surface area (Å²) in [5.41, 5.74) is 12.1. The number of hydrogen-bond donors (Lipinski definition) is 0. The van der Waals surface area contributed by atoms with Crippen LogP contribution in [-0.2, 0) is 10.8 Å². The van der Waals surface area contributed by atoms with Crippen LogP contribution in [0.2, 0.25) is 0 Å². The molecule has 0 amide bonds. The molecule has 2 spiro atoms. The van der Waals surface area contributed by atoms with E-state index in [0.29, 0.717) is 0 Å². The molecule has 16 aromatic rings. The van der Waals surface area contributed by atoms with Gasteiger partial charge >= 0.3 is 0 Å². The van der Waals surface area contributed by atoms with Gasteiger partial charge in [-0.15, -0.1) is 22.7 Å². The third-order valence-corrected chi connectivity index (χ3v) is 32.4. The molecule has 19 rings (SSSR count). The van der Waals surface area contributed by atoms with Crippen LogP contribution in [0.4, 0.5) is 0 Å². The number of benzene rings is 12. The second kappa shape index (κ2) is 18.8. The Balaban J connectivity index is 1.03. The van der Waals surface area contributed by atoms with Crippen LogP contribution >= 0.6 is 22.7 Å². The van der Waals surface area contributed by atoms with Gasteiger partial charge in [0.25, 0.3) is 0 Å². The molecule has 1 aliphatic carbocycles. The predicted octanol–water partition coefficient (Wildman–Crippen LogP) is 15.4. The van der Waals surface area contributed by atoms with Crippen molar-refractivity contribution in [3.05, 3.63) is 359 Å². The summed E-state index contributed by atoms with van der Waals surface area (Å²) in [5.74, 6) is 0. The van der Waals surface area contributed by atoms with Crippen LogP contribution in [0.1, 0.15) is 43.1 Å². The molecule has 2 aliphatic heterocycles. The highest BCUT2D eigenvalue weighted by Gasteiger charge is 2.65. The van der Waals surface area contributed by atoms with E-state index in [9.17, 15) is 0 Å². The zero-order chi connectivity index (χ0) is 57.8. The molecule has 0 N–H and O–H groups in total. The Bertz CT molecular complexity index is 4920. The Morgan fingerprint density at radius 2 is 0.534 bits per heavy atom. The average molecular weight is 1190 g/mol. The van der Waals surface area contributed by atoms with Crippen molar-refractivity contribution in [2.45, 2.75) is 10.8 Å². The van der Waals surface area contributed by atoms with Crippen LogP contribution in [0.3, 0.4) is 0 Å². The first-order valence-electron chi connectivity index (χ1n) is 30.4. The van der Waals surface area contributed by atoms with Crippen molar-refractivity contribution >= 4 is 124 Å². The van der Waals surface area contributed by atoms with Crippen LogP contribution in [0.5, 0.6) is 0 Å². The number of para-hydroxylation sites is 4. The smallest absolute Gasteiger partial charge is 0.180 e. The quantitative estimate of drug-likeness (QED) is 0.155. The van der Waals surface area contributed by atoms with Gasteiger partial charge in [-0.3, -0.25) is 0 Å². The molecular weight excluding hydrogens is 1140 g/mol. The zero-order valence-electron chi connectivity index (χ0n) is 47.7. The summed E-state index contributed by atoms with van der Waals surface area (Å²) in [7, 11) is -6.25. The highest BCUT2D eigenvalue weighted by atomic mass is 32.1. The third kappa shape index (κ3) is 6.34. The molecular formula is C82H52O2S2Si2. The van der Waals surface area contributed by atoms with E-state index >= 15 is 0 Å². The molecule has 3 aliphatic rings. The van der Waals surface area contributed by atoms with E-state index in [2.05, 4.69) is 315 Å². The number of hydrogen-bond acceptors (Lipinski definition) is 4. The molecule has 0 saturated heterocycles. The standard InChI is InChI=1S/C82H52O2S2Si2/c1-5-27-53(28-6-1)87(54-29-7-2-8-30-54)73-47-21-15-41-63(73)81(64-42-16-22-48-74(64)87)67-51-71(61-39-25-37-59-57-35-13-19-45-69(57)83-77(59)61)86-80(67)82(68-52-72(85-79(68)81)62-40-26-38-60-58-36-14-20-46-70(58)84-78(60)62)65-43-17-23-49-75(65)88(55-31-9-3-10-32-55,56-33-11-4-12-34-56)76-50-24-18-44-66(76)82/h1-52H. The van der Waals surface area contributed by atoms with E-state index in [1.807, 2.05) is 22.7 Å². The van der Waals surface area contributed by atoms with Gasteiger partial charge in [-0.05, 0) is 111 Å². The molecule has 0 radical (unpaired) electrons. The molecule has 0 saturated carbocycles. The first kappa shape index (κ1) is 50.2. The first-order valence-corrected chi connectivity index (χ1v) is 36.0. The fourth-order valence-corrected chi connectivity index (χ4v) is 30.4. The fourth-order valence-electron chi connectivity index (χ4n) is 16.8. The molecule has 0 bridgehead atoms. The Labute approximate surface area is 519 Å². The van der Waals surface area contributed by atoms with Crippen molar-refractivity contribution < 1.29 is 8.83 Å². The summed E-state index contributed by atoms with van der Waals surface area (Å²) in [5, 5.41) is 15.6. The van der Waals surface area contributed by atoms with Crippen LogP contribution in [0, 0.1) is 0 Å². The topological polar surface area (TPSA) is 26.3 Å². The minimum atomic E-state index is -3.13. The molecule has 12 aromatic carbocycles. The Morgan fingerprint density at radius 3 is 0.875 bits per heavy atom. The SMILES string of the molecule is c1ccc([Si]2(c3ccccc3)c3ccccc3C3(c4ccccc42)c2cc(-c4cccc5c4oc4ccccc45)sc2C2(c4ccccc4[Si](c4ccccc4)(c4ccccc4)c4ccccc42)c2cc(-c4cccc5c4oc4ccccc45)sc23)cc1. The Morgan fingerprint density at radius 1 is 0.250 bits per heavy atom. The van der Waals surface area contributed by atoms with Crippen LogP contribution in [0.25, 0.3) is 64.8 Å². The van der Waals surface area contributed by atoms with Gasteiger partial charge in [-0.2, -0.15) is 0 Å². The first-order chi connectivity index (χ1) is 43.6. The highest BCUT2D eigenvalue weighted by molar-refractivity contribution is 7.22. The monoisotopic (exact) mass is 1190 g/mol. The summed E-state index contributed by atoms with van der Waals surface area (Å²) in [6.45, 7) is 0. The summed E-state index contributed by atoms with van der Waals surface area (Å²) in [6.07, 6.45) is 0. The van der Waals surface area contributed by atoms with E-state index in [1.54, 1.807) is 0 Å². The van der Waals surface area contributed by atoms with Crippen molar-refractivity contribution in [1.82, 2.24) is 0 Å². The lowest BCUT2D eigenvalue weighted by Crippen LogP contribution is -2.80. The van der Waals surface area contributed by atoms with E-state index in [-0.39, 0.29) is 0 Å². The Kier molecular flexibility index (Phi) is 10.7. The second-order valence-corrected chi connectivity index (χ2v) is 33.5. The Hall–Kier alpha value is -9.93. The van der Waals surface area contributed by atoms with Crippen molar-refractivity contribution in [2.75, 3.05) is 0 Å². The van der Waals surface area contributed by atoms with E-state index in [0.717, 1.165) is 55.0 Å². The van der Waals surface area contributed by atoms with Gasteiger partial charge in [0.15, 0.2) is 16.1 Å². The van der Waals surface area contributed by atoms with Crippen molar-refractivity contribution in [3.8, 4) is 20.9 Å². The molecule has 4 aromatic heterocycles. The highest BCUT2D eigenvalue weighted by Crippen LogP contribution is 2.66. The minimum absolute atomic E-state index is 0.834. The van der Waals surface area contributed by atoms with Gasteiger partial charge in [0, 0.05) is 52.2 Å². The number of rotatable bonds is 6. The average Bonchev–Trinajstić information content (AvgIpc) is 1.18. The summed E-state index contributed by atoms with van der Waals surface area (Å²) in [4.78, 5) is 5.02. The largest absolute Gasteiger partial charge is 0.455 e. The van der Waals surface area contributed by atoms with Gasteiger partial charge in [0.05, 0.1) is 10.8 Å². The normalized spacial score (nSPS) is 15.2. The van der Waals surface area contributed by atoms with Crippen LogP contribution < -0.4 is 41.5 Å². The maximum Gasteiger partial charge on any atom is 0.180 e. The van der Waals surface area contributed by atoms with Gasteiger partial charge in [-0.25, -0.2) is 0 Å². The number of thiophene rings is 2. The lowest BCUT2D eigenvalue weighted by Gasteiger charge is -2.56. The van der Waals surface area contributed by atoms with Crippen LogP contribution in [-0.4, -0.2) is 16.1 Å². The molecule has 6 heteroatoms. The maximum absolute atomic E-state index is 7.10. The maximum atomic E-state index is 7.10. The zero-order valence-corrected chi connectivity index (χ0v) is 51.3. The summed E-state index contributed by atoms with van der Waals surface area (Å²) >= 11 is 3.95. The molecule has 6 heterocycles. The minimum Gasteiger partial charge on any atom is -0.455 e. The molecule has 0 fully saturated rings. The van der Waals surface area contributed by atoms with E-state index in [4.69, 9.17) is 8.83 Å². The van der Waals surface area contributed by atoms with Crippen molar-refractivity contribution in [2.24, 2.45) is 0 Å². The second-order valence-electron chi connectivity index (χ2n) is 23.9. The van der Waals surface area contributed by atoms with Gasteiger partial charge in [0.1, 0.15) is 22.3 Å². The number of fused-ring (bicyclic) bond motifs is 20. The van der Waals surface area contributed by atoms with Crippen molar-refractivity contribution in [1.29, 1.82) is 0 Å². The summed E-state index contributed by atoms with van der Waals surface area (Å²) < 4.78 is 14.2. The fraction of sp³-hybridized carbons (Fsp3) is 0.0244. The lowest BCUT2D eigenvalue weighted by atomic mass is 9.55. The third-order valence-electron chi connectivity index (χ3n) is 20.1. The van der Waals surface area contributed by atoms with Crippen LogP contribution in [0.15, 0.2) is 324 Å². The molecule has 0 unspecified atom stereocenters. The molecule has 0 atom stereocenters. The molecule has 88 heavy (non-hydrogen) atoms. The van der Waals surface area contributed by atoms with E-state index in [1.165, 1.54) is 94.4 Å². The lowest BCUT2D eigenvalue weighted by molar-refractivity contribution is 0.647. The van der Waals surface area contributed by atoms with Gasteiger partial charge < -0.3 is 8.83 Å². The predicted molar refractivity (Wildman–Crippen MR) is 372 cm³/mol. The van der Waals surface area contributed by atoms with Gasteiger partial charge in [-0.1, -0.05) is 279 Å². The molecule has 412 valence electrons. The molecule has 2 nitrogen and oxygen atoms in total. The number of furan rings is 2.